The number of benzene rings is 1. The average molecular weight is 494 g/mol. The third kappa shape index (κ3) is 6.04. The minimum absolute atomic E-state index is 0.0110. The van der Waals surface area contributed by atoms with E-state index in [-0.39, 0.29) is 24.7 Å². The lowest BCUT2D eigenvalue weighted by Gasteiger charge is -2.28. The van der Waals surface area contributed by atoms with Crippen LogP contribution in [0.25, 0.3) is 0 Å². The first-order valence-electron chi connectivity index (χ1n) is 11.3. The predicted octanol–water partition coefficient (Wildman–Crippen LogP) is 4.84. The molecule has 32 heavy (non-hydrogen) atoms. The van der Waals surface area contributed by atoms with Crippen LogP contribution in [0.3, 0.4) is 0 Å². The monoisotopic (exact) mass is 493 g/mol. The van der Waals surface area contributed by atoms with E-state index >= 15 is 0 Å². The lowest BCUT2D eigenvalue weighted by molar-refractivity contribution is -0.138. The quantitative estimate of drug-likeness (QED) is 0.528. The molecule has 0 radical (unpaired) electrons. The van der Waals surface area contributed by atoms with Gasteiger partial charge in [0, 0.05) is 50.4 Å². The van der Waals surface area contributed by atoms with Crippen molar-refractivity contribution in [2.24, 2.45) is 0 Å². The molecule has 1 aromatic carbocycles. The van der Waals surface area contributed by atoms with Crippen LogP contribution in [0.4, 0.5) is 0 Å². The Morgan fingerprint density at radius 1 is 1.03 bits per heavy atom. The lowest BCUT2D eigenvalue weighted by atomic mass is 10.1. The van der Waals surface area contributed by atoms with Gasteiger partial charge in [-0.15, -0.1) is 11.3 Å². The van der Waals surface area contributed by atoms with Crippen LogP contribution in [0.5, 0.6) is 0 Å². The van der Waals surface area contributed by atoms with Crippen LogP contribution < -0.4 is 0 Å². The van der Waals surface area contributed by atoms with Gasteiger partial charge in [0.1, 0.15) is 0 Å². The van der Waals surface area contributed by atoms with Gasteiger partial charge in [0.2, 0.25) is 11.8 Å². The molecule has 4 rings (SSSR count). The molecule has 5 nitrogen and oxygen atoms in total. The smallest absolute Gasteiger partial charge is 0.223 e. The van der Waals surface area contributed by atoms with Crippen LogP contribution in [0.2, 0.25) is 10.0 Å². The van der Waals surface area contributed by atoms with Gasteiger partial charge in [-0.25, -0.2) is 0 Å². The van der Waals surface area contributed by atoms with E-state index in [9.17, 15) is 9.59 Å². The number of carbonyl (C=O) groups excluding carboxylic acids is 2. The van der Waals surface area contributed by atoms with Crippen molar-refractivity contribution in [3.63, 3.8) is 0 Å². The molecule has 3 heterocycles. The predicted molar refractivity (Wildman–Crippen MR) is 130 cm³/mol. The Balaban J connectivity index is 1.35. The summed E-state index contributed by atoms with van der Waals surface area (Å²) in [5.41, 5.74) is 2.19. The molecule has 8 heteroatoms. The molecular weight excluding hydrogens is 465 g/mol. The van der Waals surface area contributed by atoms with Crippen molar-refractivity contribution in [1.82, 2.24) is 14.7 Å². The minimum Gasteiger partial charge on any atom is -0.338 e. The molecular formula is C24H29Cl2N3O2S. The second-order valence-electron chi connectivity index (χ2n) is 8.55. The highest BCUT2D eigenvalue weighted by Gasteiger charge is 2.23. The number of hydrogen-bond acceptors (Lipinski definition) is 4. The molecule has 2 aliphatic heterocycles. The SMILES string of the molecule is O=C(CCC(=O)N1CCc2sccc2C1)N(CCN1CCCC1)Cc1ccc(Cl)c(Cl)c1. The zero-order valence-corrected chi connectivity index (χ0v) is 20.5. The van der Waals surface area contributed by atoms with Gasteiger partial charge < -0.3 is 14.7 Å². The fourth-order valence-corrected chi connectivity index (χ4v) is 5.62. The van der Waals surface area contributed by atoms with Gasteiger partial charge in [-0.2, -0.15) is 0 Å². The van der Waals surface area contributed by atoms with Gasteiger partial charge in [0.15, 0.2) is 0 Å². The van der Waals surface area contributed by atoms with Crippen LogP contribution in [-0.4, -0.2) is 59.2 Å². The number of hydrogen-bond donors (Lipinski definition) is 0. The van der Waals surface area contributed by atoms with Crippen molar-refractivity contribution in [2.45, 2.75) is 45.2 Å². The van der Waals surface area contributed by atoms with E-state index in [0.717, 1.165) is 38.2 Å². The molecule has 0 saturated carbocycles. The van der Waals surface area contributed by atoms with Gasteiger partial charge in [-0.3, -0.25) is 9.59 Å². The molecule has 0 aliphatic carbocycles. The lowest BCUT2D eigenvalue weighted by Crippen LogP contribution is -2.39. The summed E-state index contributed by atoms with van der Waals surface area (Å²) in [4.78, 5) is 33.4. The van der Waals surface area contributed by atoms with Crippen molar-refractivity contribution in [2.75, 3.05) is 32.7 Å². The Hall–Kier alpha value is -1.60. The molecule has 172 valence electrons. The molecule has 0 N–H and O–H groups in total. The first kappa shape index (κ1) is 23.6. The van der Waals surface area contributed by atoms with Gasteiger partial charge >= 0.3 is 0 Å². The first-order valence-corrected chi connectivity index (χ1v) is 12.9. The molecule has 2 aromatic rings. The summed E-state index contributed by atoms with van der Waals surface area (Å²) < 4.78 is 0. The third-order valence-electron chi connectivity index (χ3n) is 6.31. The number of thiophene rings is 1. The van der Waals surface area contributed by atoms with Gasteiger partial charge in [-0.1, -0.05) is 29.3 Å². The highest BCUT2D eigenvalue weighted by Crippen LogP contribution is 2.25. The Morgan fingerprint density at radius 3 is 2.62 bits per heavy atom. The van der Waals surface area contributed by atoms with Crippen molar-refractivity contribution in [3.8, 4) is 0 Å². The van der Waals surface area contributed by atoms with E-state index < -0.39 is 0 Å². The summed E-state index contributed by atoms with van der Waals surface area (Å²) >= 11 is 14.0. The number of nitrogens with zero attached hydrogens (tertiary/aromatic N) is 3. The molecule has 0 spiro atoms. The molecule has 1 saturated heterocycles. The molecule has 0 atom stereocenters. The highest BCUT2D eigenvalue weighted by molar-refractivity contribution is 7.10. The van der Waals surface area contributed by atoms with Crippen molar-refractivity contribution in [3.05, 3.63) is 55.7 Å². The second kappa shape index (κ2) is 11.0. The van der Waals surface area contributed by atoms with E-state index in [1.165, 1.54) is 23.3 Å². The Labute approximate surface area is 203 Å². The Bertz CT molecular complexity index is 958. The average Bonchev–Trinajstić information content (AvgIpc) is 3.48. The van der Waals surface area contributed by atoms with Crippen LogP contribution in [0.1, 0.15) is 41.7 Å². The number of likely N-dealkylation sites (tertiary alicyclic amines) is 1. The highest BCUT2D eigenvalue weighted by atomic mass is 35.5. The van der Waals surface area contributed by atoms with Crippen LogP contribution >= 0.6 is 34.5 Å². The molecule has 2 amide bonds. The van der Waals surface area contributed by atoms with Crippen molar-refractivity contribution >= 4 is 46.4 Å². The maximum Gasteiger partial charge on any atom is 0.223 e. The standard InChI is InChI=1S/C24H29Cl2N3O2S/c25-20-4-3-18(15-21(20)26)16-29(13-12-27-9-1-2-10-27)24(31)6-5-23(30)28-11-7-22-19(17-28)8-14-32-22/h3-4,8,14-15H,1-2,5-7,9-13,16-17H2. The maximum atomic E-state index is 13.1. The Morgan fingerprint density at radius 2 is 1.84 bits per heavy atom. The van der Waals surface area contributed by atoms with Gasteiger partial charge in [-0.05, 0) is 67.1 Å². The van der Waals surface area contributed by atoms with E-state index in [0.29, 0.717) is 29.7 Å². The molecule has 2 aliphatic rings. The zero-order chi connectivity index (χ0) is 22.5. The summed E-state index contributed by atoms with van der Waals surface area (Å²) in [6.45, 7) is 5.55. The number of carbonyl (C=O) groups is 2. The fraction of sp³-hybridized carbons (Fsp3) is 0.500. The molecule has 1 aromatic heterocycles. The second-order valence-corrected chi connectivity index (χ2v) is 10.4. The van der Waals surface area contributed by atoms with Crippen LogP contribution in [0.15, 0.2) is 29.6 Å². The summed E-state index contributed by atoms with van der Waals surface area (Å²) in [5.74, 6) is 0.0704. The largest absolute Gasteiger partial charge is 0.338 e. The Kier molecular flexibility index (Phi) is 8.11. The summed E-state index contributed by atoms with van der Waals surface area (Å²) in [5, 5.41) is 3.08. The first-order chi connectivity index (χ1) is 15.5. The van der Waals surface area contributed by atoms with Gasteiger partial charge in [0.05, 0.1) is 10.0 Å². The summed E-state index contributed by atoms with van der Waals surface area (Å²) in [6, 6.07) is 7.59. The van der Waals surface area contributed by atoms with Gasteiger partial charge in [0.25, 0.3) is 0 Å². The molecule has 1 fully saturated rings. The zero-order valence-electron chi connectivity index (χ0n) is 18.2. The number of halogens is 2. The van der Waals surface area contributed by atoms with Crippen molar-refractivity contribution in [1.29, 1.82) is 0 Å². The van der Waals surface area contributed by atoms with Crippen LogP contribution in [-0.2, 0) is 29.1 Å². The topological polar surface area (TPSA) is 43.9 Å². The molecule has 0 unspecified atom stereocenters. The minimum atomic E-state index is 0.0110. The van der Waals surface area contributed by atoms with E-state index in [4.69, 9.17) is 23.2 Å². The maximum absolute atomic E-state index is 13.1. The normalized spacial score (nSPS) is 16.2. The summed E-state index contributed by atoms with van der Waals surface area (Å²) in [6.07, 6.45) is 3.83. The van der Waals surface area contributed by atoms with Crippen molar-refractivity contribution < 1.29 is 9.59 Å². The third-order valence-corrected chi connectivity index (χ3v) is 8.07. The number of amides is 2. The van der Waals surface area contributed by atoms with E-state index in [1.807, 2.05) is 21.9 Å². The van der Waals surface area contributed by atoms with Crippen LogP contribution in [0, 0.1) is 0 Å². The fourth-order valence-electron chi connectivity index (χ4n) is 4.41. The number of rotatable bonds is 8. The summed E-state index contributed by atoms with van der Waals surface area (Å²) in [7, 11) is 0. The van der Waals surface area contributed by atoms with E-state index in [2.05, 4.69) is 16.3 Å². The molecule has 0 bridgehead atoms. The number of fused-ring (bicyclic) bond motifs is 1. The van der Waals surface area contributed by atoms with E-state index in [1.54, 1.807) is 17.4 Å².